The molecule has 0 unspecified atom stereocenters. The molecule has 0 amide bonds. The van der Waals surface area contributed by atoms with Crippen LogP contribution in [0, 0.1) is 6.92 Å². The van der Waals surface area contributed by atoms with Crippen molar-refractivity contribution >= 4 is 5.82 Å². The lowest BCUT2D eigenvalue weighted by atomic mass is 10.1. The standard InChI is InChI=1S/C15H18N2O/c1-12-6-5-9-15(17-12)16-11-10-14(18)13-7-3-2-4-8-13/h2-9,14,18H,10-11H2,1H3,(H,16,17)/t14-/m0/s1. The average Bonchev–Trinajstić information content (AvgIpc) is 2.40. The first-order valence-electron chi connectivity index (χ1n) is 6.16. The summed E-state index contributed by atoms with van der Waals surface area (Å²) in [7, 11) is 0. The molecule has 0 saturated carbocycles. The Balaban J connectivity index is 1.82. The van der Waals surface area contributed by atoms with Crippen LogP contribution >= 0.6 is 0 Å². The van der Waals surface area contributed by atoms with Gasteiger partial charge in [0.2, 0.25) is 0 Å². The highest BCUT2D eigenvalue weighted by atomic mass is 16.3. The first-order valence-corrected chi connectivity index (χ1v) is 6.16. The molecule has 1 aromatic heterocycles. The van der Waals surface area contributed by atoms with Crippen LogP contribution in [0.2, 0.25) is 0 Å². The Morgan fingerprint density at radius 3 is 2.61 bits per heavy atom. The predicted molar refractivity (Wildman–Crippen MR) is 73.5 cm³/mol. The largest absolute Gasteiger partial charge is 0.388 e. The lowest BCUT2D eigenvalue weighted by molar-refractivity contribution is 0.171. The van der Waals surface area contributed by atoms with Gasteiger partial charge in [-0.2, -0.15) is 0 Å². The van der Waals surface area contributed by atoms with Gasteiger partial charge in [0.05, 0.1) is 6.10 Å². The molecule has 0 fully saturated rings. The van der Waals surface area contributed by atoms with Crippen LogP contribution in [0.4, 0.5) is 5.82 Å². The van der Waals surface area contributed by atoms with E-state index >= 15 is 0 Å². The average molecular weight is 242 g/mol. The molecule has 0 radical (unpaired) electrons. The lowest BCUT2D eigenvalue weighted by Crippen LogP contribution is -2.08. The molecule has 0 bridgehead atoms. The summed E-state index contributed by atoms with van der Waals surface area (Å²) in [5.74, 6) is 0.857. The van der Waals surface area contributed by atoms with E-state index in [-0.39, 0.29) is 0 Å². The lowest BCUT2D eigenvalue weighted by Gasteiger charge is -2.12. The molecule has 0 spiro atoms. The van der Waals surface area contributed by atoms with Crippen LogP contribution in [0.15, 0.2) is 48.5 Å². The van der Waals surface area contributed by atoms with Gasteiger partial charge in [-0.25, -0.2) is 4.98 Å². The third-order valence-corrected chi connectivity index (χ3v) is 2.80. The summed E-state index contributed by atoms with van der Waals surface area (Å²) >= 11 is 0. The molecule has 1 heterocycles. The second kappa shape index (κ2) is 6.17. The maximum absolute atomic E-state index is 9.99. The summed E-state index contributed by atoms with van der Waals surface area (Å²) in [5, 5.41) is 13.2. The summed E-state index contributed by atoms with van der Waals surface area (Å²) in [4.78, 5) is 4.35. The van der Waals surface area contributed by atoms with Gasteiger partial charge in [-0.15, -0.1) is 0 Å². The highest BCUT2D eigenvalue weighted by Gasteiger charge is 2.06. The Morgan fingerprint density at radius 1 is 1.11 bits per heavy atom. The van der Waals surface area contributed by atoms with Gasteiger partial charge in [-0.05, 0) is 31.0 Å². The van der Waals surface area contributed by atoms with E-state index in [1.54, 1.807) is 0 Å². The summed E-state index contributed by atoms with van der Waals surface area (Å²) < 4.78 is 0. The van der Waals surface area contributed by atoms with E-state index in [1.165, 1.54) is 0 Å². The Morgan fingerprint density at radius 2 is 1.89 bits per heavy atom. The van der Waals surface area contributed by atoms with Crippen molar-refractivity contribution in [2.24, 2.45) is 0 Å². The second-order valence-electron chi connectivity index (χ2n) is 4.31. The number of aryl methyl sites for hydroxylation is 1. The van der Waals surface area contributed by atoms with Gasteiger partial charge in [0.25, 0.3) is 0 Å². The van der Waals surface area contributed by atoms with Crippen LogP contribution in [-0.4, -0.2) is 16.6 Å². The van der Waals surface area contributed by atoms with E-state index in [4.69, 9.17) is 0 Å². The van der Waals surface area contributed by atoms with Gasteiger partial charge in [0, 0.05) is 12.2 Å². The highest BCUT2D eigenvalue weighted by Crippen LogP contribution is 2.15. The molecule has 18 heavy (non-hydrogen) atoms. The number of hydrogen-bond acceptors (Lipinski definition) is 3. The van der Waals surface area contributed by atoms with Crippen LogP contribution in [0.1, 0.15) is 23.8 Å². The molecule has 3 nitrogen and oxygen atoms in total. The van der Waals surface area contributed by atoms with Crippen LogP contribution < -0.4 is 5.32 Å². The summed E-state index contributed by atoms with van der Waals surface area (Å²) in [6.45, 7) is 2.66. The number of benzene rings is 1. The molecule has 3 heteroatoms. The molecule has 94 valence electrons. The maximum atomic E-state index is 9.99. The van der Waals surface area contributed by atoms with E-state index in [2.05, 4.69) is 10.3 Å². The van der Waals surface area contributed by atoms with Gasteiger partial charge in [0.15, 0.2) is 0 Å². The number of aromatic nitrogens is 1. The summed E-state index contributed by atoms with van der Waals surface area (Å²) in [6, 6.07) is 15.6. The van der Waals surface area contributed by atoms with Crippen molar-refractivity contribution in [3.05, 3.63) is 59.8 Å². The van der Waals surface area contributed by atoms with Crippen molar-refractivity contribution in [3.63, 3.8) is 0 Å². The topological polar surface area (TPSA) is 45.1 Å². The third-order valence-electron chi connectivity index (χ3n) is 2.80. The van der Waals surface area contributed by atoms with Gasteiger partial charge < -0.3 is 10.4 Å². The van der Waals surface area contributed by atoms with Crippen molar-refractivity contribution in [1.82, 2.24) is 4.98 Å². The van der Waals surface area contributed by atoms with Crippen molar-refractivity contribution in [1.29, 1.82) is 0 Å². The first kappa shape index (κ1) is 12.6. The molecule has 0 saturated heterocycles. The van der Waals surface area contributed by atoms with E-state index in [9.17, 15) is 5.11 Å². The first-order chi connectivity index (χ1) is 8.75. The third kappa shape index (κ3) is 3.57. The molecule has 0 aliphatic carbocycles. The number of hydrogen-bond donors (Lipinski definition) is 2. The Kier molecular flexibility index (Phi) is 4.31. The van der Waals surface area contributed by atoms with Gasteiger partial charge >= 0.3 is 0 Å². The number of rotatable bonds is 5. The zero-order valence-electron chi connectivity index (χ0n) is 10.5. The Bertz CT molecular complexity index is 485. The minimum absolute atomic E-state index is 0.427. The SMILES string of the molecule is Cc1cccc(NCC[C@H](O)c2ccccc2)n1. The second-order valence-corrected chi connectivity index (χ2v) is 4.31. The van der Waals surface area contributed by atoms with E-state index < -0.39 is 6.10 Å². The fourth-order valence-electron chi connectivity index (χ4n) is 1.82. The fraction of sp³-hybridized carbons (Fsp3) is 0.267. The molecule has 1 aromatic carbocycles. The zero-order valence-corrected chi connectivity index (χ0v) is 10.5. The normalized spacial score (nSPS) is 12.1. The molecule has 0 aliphatic heterocycles. The van der Waals surface area contributed by atoms with Crippen molar-refractivity contribution in [2.45, 2.75) is 19.4 Å². The number of anilines is 1. The molecule has 2 N–H and O–H groups in total. The number of nitrogens with zero attached hydrogens (tertiary/aromatic N) is 1. The minimum Gasteiger partial charge on any atom is -0.388 e. The number of aliphatic hydroxyl groups excluding tert-OH is 1. The van der Waals surface area contributed by atoms with Crippen molar-refractivity contribution in [3.8, 4) is 0 Å². The smallest absolute Gasteiger partial charge is 0.126 e. The molecule has 1 atom stereocenters. The van der Waals surface area contributed by atoms with Gasteiger partial charge in [-0.1, -0.05) is 36.4 Å². The van der Waals surface area contributed by atoms with E-state index in [0.717, 1.165) is 17.1 Å². The molecular formula is C15H18N2O. The number of pyridine rings is 1. The van der Waals surface area contributed by atoms with Gasteiger partial charge in [-0.3, -0.25) is 0 Å². The quantitative estimate of drug-likeness (QED) is 0.847. The van der Waals surface area contributed by atoms with Crippen LogP contribution in [0.3, 0.4) is 0 Å². The number of nitrogens with one attached hydrogen (secondary N) is 1. The van der Waals surface area contributed by atoms with E-state index in [1.807, 2.05) is 55.5 Å². The fourth-order valence-corrected chi connectivity index (χ4v) is 1.82. The highest BCUT2D eigenvalue weighted by molar-refractivity contribution is 5.35. The monoisotopic (exact) mass is 242 g/mol. The van der Waals surface area contributed by atoms with Crippen LogP contribution in [-0.2, 0) is 0 Å². The molecular weight excluding hydrogens is 224 g/mol. The van der Waals surface area contributed by atoms with Crippen molar-refractivity contribution < 1.29 is 5.11 Å². The molecule has 0 aliphatic rings. The van der Waals surface area contributed by atoms with Gasteiger partial charge in [0.1, 0.15) is 5.82 Å². The Hall–Kier alpha value is -1.87. The van der Waals surface area contributed by atoms with E-state index in [0.29, 0.717) is 13.0 Å². The van der Waals surface area contributed by atoms with Crippen LogP contribution in [0.5, 0.6) is 0 Å². The molecule has 2 aromatic rings. The minimum atomic E-state index is -0.427. The summed E-state index contributed by atoms with van der Waals surface area (Å²) in [6.07, 6.45) is 0.239. The van der Waals surface area contributed by atoms with Crippen molar-refractivity contribution in [2.75, 3.05) is 11.9 Å². The van der Waals surface area contributed by atoms with Crippen LogP contribution in [0.25, 0.3) is 0 Å². The Labute approximate surface area is 108 Å². The number of aliphatic hydroxyl groups is 1. The molecule has 2 rings (SSSR count). The zero-order chi connectivity index (χ0) is 12.8. The predicted octanol–water partition coefficient (Wildman–Crippen LogP) is 2.93. The summed E-state index contributed by atoms with van der Waals surface area (Å²) in [5.41, 5.74) is 1.94. The maximum Gasteiger partial charge on any atom is 0.126 e.